The summed E-state index contributed by atoms with van der Waals surface area (Å²) in [5.74, 6) is 0.856. The fourth-order valence-electron chi connectivity index (χ4n) is 5.50. The van der Waals surface area contributed by atoms with E-state index in [1.807, 2.05) is 6.07 Å². The standard InChI is InChI=1S/C21H32N2O2S/c1-26(24,25)23-15-20-10-5-4-9-19(20)13-21(17-23)11-6-12-22(16-21)14-18-7-2-3-8-18/h4-5,9-10,18H,2-3,6-8,11-17H2,1H3. The van der Waals surface area contributed by atoms with Crippen LogP contribution in [-0.4, -0.2) is 46.2 Å². The van der Waals surface area contributed by atoms with Gasteiger partial charge in [-0.05, 0) is 55.7 Å². The number of hydrogen-bond donors (Lipinski definition) is 0. The summed E-state index contributed by atoms with van der Waals surface area (Å²) in [5, 5.41) is 0. The van der Waals surface area contributed by atoms with E-state index in [4.69, 9.17) is 0 Å². The summed E-state index contributed by atoms with van der Waals surface area (Å²) >= 11 is 0. The predicted octanol–water partition coefficient (Wildman–Crippen LogP) is 3.49. The lowest BCUT2D eigenvalue weighted by atomic mass is 9.75. The molecule has 26 heavy (non-hydrogen) atoms. The third-order valence-electron chi connectivity index (χ3n) is 6.74. The van der Waals surface area contributed by atoms with Gasteiger partial charge in [0.2, 0.25) is 0 Å². The topological polar surface area (TPSA) is 46.6 Å². The SMILES string of the molecule is C[S+](=O)([O-])N1Cc2ccccc2CC2(CCCN(CC3CCCC3)C2)C1. The van der Waals surface area contributed by atoms with Crippen LogP contribution in [0.2, 0.25) is 0 Å². The summed E-state index contributed by atoms with van der Waals surface area (Å²) in [6, 6.07) is 8.44. The molecule has 5 heteroatoms. The van der Waals surface area contributed by atoms with Gasteiger partial charge in [0.1, 0.15) is 16.7 Å². The van der Waals surface area contributed by atoms with Crippen molar-refractivity contribution >= 4 is 10.4 Å². The lowest BCUT2D eigenvalue weighted by molar-refractivity contribution is 0.0609. The van der Waals surface area contributed by atoms with Crippen LogP contribution >= 0.6 is 0 Å². The molecule has 0 radical (unpaired) electrons. The Bertz CT molecular complexity index is 682. The van der Waals surface area contributed by atoms with Crippen LogP contribution in [0.15, 0.2) is 24.3 Å². The second kappa shape index (κ2) is 7.34. The second-order valence-electron chi connectivity index (χ2n) is 8.97. The van der Waals surface area contributed by atoms with Gasteiger partial charge in [0.05, 0.1) is 13.1 Å². The zero-order valence-electron chi connectivity index (χ0n) is 16.0. The monoisotopic (exact) mass is 376 g/mol. The maximum Gasteiger partial charge on any atom is 0.122 e. The fraction of sp³-hybridized carbons (Fsp3) is 0.714. The molecule has 0 aromatic heterocycles. The molecular formula is C21H32N2O2S. The molecule has 2 heterocycles. The summed E-state index contributed by atoms with van der Waals surface area (Å²) in [6.07, 6.45) is 10.2. The highest BCUT2D eigenvalue weighted by atomic mass is 32.3. The Labute approximate surface area is 159 Å². The Hall–Kier alpha value is -0.750. The molecule has 4 rings (SSSR count). The van der Waals surface area contributed by atoms with E-state index in [9.17, 15) is 8.76 Å². The second-order valence-corrected chi connectivity index (χ2v) is 10.9. The van der Waals surface area contributed by atoms with E-state index < -0.39 is 10.4 Å². The van der Waals surface area contributed by atoms with Gasteiger partial charge in [-0.25, -0.2) is 0 Å². The molecule has 1 spiro atoms. The van der Waals surface area contributed by atoms with Crippen LogP contribution in [-0.2, 0) is 27.6 Å². The van der Waals surface area contributed by atoms with Crippen molar-refractivity contribution in [3.63, 3.8) is 0 Å². The van der Waals surface area contributed by atoms with E-state index in [1.165, 1.54) is 62.6 Å². The molecule has 2 fully saturated rings. The number of likely N-dealkylation sites (tertiary alicyclic amines) is 1. The molecule has 0 N–H and O–H groups in total. The number of sulfonamides is 1. The van der Waals surface area contributed by atoms with Gasteiger partial charge >= 0.3 is 0 Å². The molecular weight excluding hydrogens is 344 g/mol. The maximum absolute atomic E-state index is 12.4. The van der Waals surface area contributed by atoms with Gasteiger partial charge < -0.3 is 9.45 Å². The molecule has 3 aliphatic rings. The highest BCUT2D eigenvalue weighted by Gasteiger charge is 2.43. The normalized spacial score (nSPS) is 30.8. The van der Waals surface area contributed by atoms with Gasteiger partial charge in [-0.2, -0.15) is 0 Å². The number of nitrogens with zero attached hydrogens (tertiary/aromatic N) is 2. The first kappa shape index (κ1) is 18.6. The molecule has 1 saturated carbocycles. The average molecular weight is 377 g/mol. The minimum atomic E-state index is -3.19. The number of fused-ring (bicyclic) bond motifs is 1. The van der Waals surface area contributed by atoms with E-state index in [0.29, 0.717) is 13.1 Å². The van der Waals surface area contributed by atoms with Crippen LogP contribution in [0.3, 0.4) is 0 Å². The van der Waals surface area contributed by atoms with E-state index in [1.54, 1.807) is 4.31 Å². The molecule has 1 aromatic carbocycles. The third kappa shape index (κ3) is 4.06. The summed E-state index contributed by atoms with van der Waals surface area (Å²) in [5.41, 5.74) is 2.59. The molecule has 1 aromatic rings. The average Bonchev–Trinajstić information content (AvgIpc) is 3.02. The van der Waals surface area contributed by atoms with Gasteiger partial charge in [-0.1, -0.05) is 41.3 Å². The lowest BCUT2D eigenvalue weighted by Crippen LogP contribution is -2.51. The van der Waals surface area contributed by atoms with E-state index in [-0.39, 0.29) is 5.41 Å². The van der Waals surface area contributed by atoms with Crippen LogP contribution < -0.4 is 0 Å². The summed E-state index contributed by atoms with van der Waals surface area (Å²) in [7, 11) is -3.19. The fourth-order valence-corrected chi connectivity index (χ4v) is 6.38. The zero-order chi connectivity index (χ0) is 18.2. The maximum atomic E-state index is 12.4. The van der Waals surface area contributed by atoms with Crippen molar-refractivity contribution in [3.8, 4) is 0 Å². The van der Waals surface area contributed by atoms with Crippen LogP contribution in [0.4, 0.5) is 0 Å². The summed E-state index contributed by atoms with van der Waals surface area (Å²) in [4.78, 5) is 2.65. The smallest absolute Gasteiger partial charge is 0.122 e. The Balaban J connectivity index is 1.59. The number of benzene rings is 1. The molecule has 2 atom stereocenters. The molecule has 2 unspecified atom stereocenters. The number of rotatable bonds is 3. The van der Waals surface area contributed by atoms with Crippen molar-refractivity contribution in [1.29, 1.82) is 0 Å². The molecule has 2 aliphatic heterocycles. The Morgan fingerprint density at radius 3 is 2.62 bits per heavy atom. The predicted molar refractivity (Wildman–Crippen MR) is 105 cm³/mol. The van der Waals surface area contributed by atoms with Gasteiger partial charge in [0.25, 0.3) is 0 Å². The Morgan fingerprint density at radius 2 is 1.88 bits per heavy atom. The van der Waals surface area contributed by atoms with Crippen LogP contribution in [0.25, 0.3) is 0 Å². The van der Waals surface area contributed by atoms with Crippen molar-refractivity contribution in [2.75, 3.05) is 32.4 Å². The van der Waals surface area contributed by atoms with Crippen LogP contribution in [0.5, 0.6) is 0 Å². The van der Waals surface area contributed by atoms with Crippen LogP contribution in [0, 0.1) is 11.3 Å². The summed E-state index contributed by atoms with van der Waals surface area (Å²) < 4.78 is 26.6. The van der Waals surface area contributed by atoms with E-state index in [2.05, 4.69) is 23.1 Å². The molecule has 1 aliphatic carbocycles. The highest BCUT2D eigenvalue weighted by molar-refractivity contribution is 7.94. The van der Waals surface area contributed by atoms with Gasteiger partial charge in [0.15, 0.2) is 0 Å². The first-order chi connectivity index (χ1) is 12.4. The molecule has 144 valence electrons. The van der Waals surface area contributed by atoms with Crippen molar-refractivity contribution in [2.45, 2.75) is 51.5 Å². The van der Waals surface area contributed by atoms with E-state index in [0.717, 1.165) is 25.3 Å². The first-order valence-corrected chi connectivity index (χ1v) is 12.0. The minimum absolute atomic E-state index is 0.0620. The first-order valence-electron chi connectivity index (χ1n) is 10.2. The van der Waals surface area contributed by atoms with Crippen molar-refractivity contribution in [3.05, 3.63) is 35.4 Å². The molecule has 4 nitrogen and oxygen atoms in total. The molecule has 0 amide bonds. The largest absolute Gasteiger partial charge is 0.598 e. The van der Waals surface area contributed by atoms with Crippen molar-refractivity contribution in [2.24, 2.45) is 11.3 Å². The quantitative estimate of drug-likeness (QED) is 0.759. The number of hydrogen-bond acceptors (Lipinski definition) is 3. The number of piperidine rings is 1. The van der Waals surface area contributed by atoms with Crippen LogP contribution in [0.1, 0.15) is 49.7 Å². The Kier molecular flexibility index (Phi) is 5.26. The third-order valence-corrected chi connectivity index (χ3v) is 7.94. The Morgan fingerprint density at radius 1 is 1.15 bits per heavy atom. The molecule has 0 bridgehead atoms. The minimum Gasteiger partial charge on any atom is -0.598 e. The van der Waals surface area contributed by atoms with Gasteiger partial charge in [-0.3, -0.25) is 0 Å². The summed E-state index contributed by atoms with van der Waals surface area (Å²) in [6.45, 7) is 4.63. The molecule has 1 saturated heterocycles. The van der Waals surface area contributed by atoms with Gasteiger partial charge in [-0.15, -0.1) is 4.31 Å². The zero-order valence-corrected chi connectivity index (χ0v) is 16.8. The van der Waals surface area contributed by atoms with E-state index >= 15 is 0 Å². The van der Waals surface area contributed by atoms with Gasteiger partial charge in [0, 0.05) is 18.5 Å². The highest BCUT2D eigenvalue weighted by Crippen LogP contribution is 2.40. The lowest BCUT2D eigenvalue weighted by Gasteiger charge is -2.44. The van der Waals surface area contributed by atoms with Crippen molar-refractivity contribution < 1.29 is 8.76 Å². The van der Waals surface area contributed by atoms with Crippen molar-refractivity contribution in [1.82, 2.24) is 9.21 Å².